The van der Waals surface area contributed by atoms with Gasteiger partial charge in [0.2, 0.25) is 0 Å². The van der Waals surface area contributed by atoms with Crippen molar-refractivity contribution < 1.29 is 23.2 Å². The SMILES string of the molecule is O=C(c1ccc(F)cc1)c1ccc(-c2ccc(-c3ccc(C(=O)c4ccc(F)cc4)cc3)c(C(=O)c3ccc(S)cc3)c2)cc1. The van der Waals surface area contributed by atoms with Crippen molar-refractivity contribution >= 4 is 30.0 Å². The molecule has 0 aliphatic heterocycles. The highest BCUT2D eigenvalue weighted by Crippen LogP contribution is 2.32. The van der Waals surface area contributed by atoms with Crippen molar-refractivity contribution in [2.75, 3.05) is 0 Å². The quantitative estimate of drug-likeness (QED) is 0.138. The van der Waals surface area contributed by atoms with E-state index < -0.39 is 11.6 Å². The second-order valence-electron chi connectivity index (χ2n) is 10.5. The minimum absolute atomic E-state index is 0.185. The van der Waals surface area contributed by atoms with E-state index >= 15 is 0 Å². The average molecular weight is 611 g/mol. The van der Waals surface area contributed by atoms with Crippen molar-refractivity contribution in [3.05, 3.63) is 185 Å². The maximum absolute atomic E-state index is 13.9. The van der Waals surface area contributed by atoms with Crippen LogP contribution in [0, 0.1) is 11.6 Å². The molecule has 3 nitrogen and oxygen atoms in total. The molecule has 0 saturated carbocycles. The van der Waals surface area contributed by atoms with Gasteiger partial charge in [0.15, 0.2) is 17.3 Å². The van der Waals surface area contributed by atoms with Crippen LogP contribution in [0.2, 0.25) is 0 Å². The standard InChI is InChI=1S/C39H24F2O3S/c40-32-16-9-28(10-17-32)37(42)26-5-1-24(2-6-26)31-15-22-35(36(23-31)39(44)30-13-20-34(45)21-14-30)25-3-7-27(8-4-25)38(43)29-11-18-33(41)19-12-29/h1-23,45H. The Morgan fingerprint density at radius 1 is 0.400 bits per heavy atom. The number of rotatable bonds is 8. The van der Waals surface area contributed by atoms with Crippen molar-refractivity contribution in [1.82, 2.24) is 0 Å². The van der Waals surface area contributed by atoms with Gasteiger partial charge in [0.1, 0.15) is 11.6 Å². The third kappa shape index (κ3) is 6.42. The number of hydrogen-bond donors (Lipinski definition) is 1. The zero-order chi connectivity index (χ0) is 31.5. The first kappa shape index (κ1) is 29.6. The van der Waals surface area contributed by atoms with E-state index in [0.717, 1.165) is 21.6 Å². The van der Waals surface area contributed by atoms with Gasteiger partial charge in [-0.1, -0.05) is 60.7 Å². The summed E-state index contributed by atoms with van der Waals surface area (Å²) >= 11 is 4.34. The lowest BCUT2D eigenvalue weighted by Gasteiger charge is -2.13. The second kappa shape index (κ2) is 12.6. The first-order chi connectivity index (χ1) is 21.8. The molecule has 45 heavy (non-hydrogen) atoms. The lowest BCUT2D eigenvalue weighted by Crippen LogP contribution is -2.05. The fourth-order valence-electron chi connectivity index (χ4n) is 5.08. The van der Waals surface area contributed by atoms with Gasteiger partial charge >= 0.3 is 0 Å². The molecule has 0 amide bonds. The van der Waals surface area contributed by atoms with Gasteiger partial charge in [-0.25, -0.2) is 8.78 Å². The molecule has 0 spiro atoms. The van der Waals surface area contributed by atoms with E-state index in [-0.39, 0.29) is 17.3 Å². The molecule has 6 rings (SSSR count). The fourth-order valence-corrected chi connectivity index (χ4v) is 5.23. The third-order valence-corrected chi connectivity index (χ3v) is 7.84. The van der Waals surface area contributed by atoms with Crippen molar-refractivity contribution in [3.63, 3.8) is 0 Å². The number of carbonyl (C=O) groups is 3. The molecular weight excluding hydrogens is 586 g/mol. The van der Waals surface area contributed by atoms with Crippen LogP contribution in [0.15, 0.2) is 144 Å². The number of carbonyl (C=O) groups excluding carboxylic acids is 3. The Bertz CT molecular complexity index is 2030. The first-order valence-corrected chi connectivity index (χ1v) is 14.5. The molecule has 0 aliphatic carbocycles. The van der Waals surface area contributed by atoms with E-state index in [1.165, 1.54) is 48.5 Å². The molecule has 0 aliphatic rings. The number of benzene rings is 6. The van der Waals surface area contributed by atoms with Gasteiger partial charge in [-0.3, -0.25) is 14.4 Å². The van der Waals surface area contributed by atoms with Crippen LogP contribution in [0.25, 0.3) is 22.3 Å². The average Bonchev–Trinajstić information content (AvgIpc) is 3.08. The number of ketones is 3. The third-order valence-electron chi connectivity index (χ3n) is 7.55. The smallest absolute Gasteiger partial charge is 0.193 e. The van der Waals surface area contributed by atoms with E-state index in [1.807, 2.05) is 30.3 Å². The zero-order valence-corrected chi connectivity index (χ0v) is 24.6. The Hall–Kier alpha value is -5.46. The molecule has 6 aromatic rings. The molecule has 0 fully saturated rings. The molecule has 0 bridgehead atoms. The summed E-state index contributed by atoms with van der Waals surface area (Å²) in [6.45, 7) is 0. The Morgan fingerprint density at radius 3 is 1.22 bits per heavy atom. The lowest BCUT2D eigenvalue weighted by atomic mass is 9.89. The van der Waals surface area contributed by atoms with Gasteiger partial charge in [0.25, 0.3) is 0 Å². The molecule has 0 heterocycles. The Labute approximate surface area is 264 Å². The van der Waals surface area contributed by atoms with E-state index in [1.54, 1.807) is 60.7 Å². The number of hydrogen-bond acceptors (Lipinski definition) is 4. The Morgan fingerprint density at radius 2 is 0.756 bits per heavy atom. The molecule has 0 unspecified atom stereocenters. The summed E-state index contributed by atoms with van der Waals surface area (Å²) in [5.41, 5.74) is 5.62. The van der Waals surface area contributed by atoms with Gasteiger partial charge < -0.3 is 0 Å². The van der Waals surface area contributed by atoms with E-state index in [4.69, 9.17) is 0 Å². The first-order valence-electron chi connectivity index (χ1n) is 14.1. The Kier molecular flexibility index (Phi) is 8.32. The highest BCUT2D eigenvalue weighted by Gasteiger charge is 2.18. The minimum Gasteiger partial charge on any atom is -0.289 e. The van der Waals surface area contributed by atoms with Crippen LogP contribution in [0.4, 0.5) is 8.78 Å². The van der Waals surface area contributed by atoms with Crippen molar-refractivity contribution in [2.45, 2.75) is 4.90 Å². The summed E-state index contributed by atoms with van der Waals surface area (Å²) in [6, 6.07) is 37.3. The van der Waals surface area contributed by atoms with Crippen LogP contribution in [0.5, 0.6) is 0 Å². The molecule has 0 aromatic heterocycles. The van der Waals surface area contributed by atoms with Gasteiger partial charge in [0.05, 0.1) is 0 Å². The predicted molar refractivity (Wildman–Crippen MR) is 174 cm³/mol. The lowest BCUT2D eigenvalue weighted by molar-refractivity contribution is 0.103. The topological polar surface area (TPSA) is 51.2 Å². The summed E-state index contributed by atoms with van der Waals surface area (Å²) in [5, 5.41) is 0. The molecule has 0 atom stereocenters. The molecule has 218 valence electrons. The van der Waals surface area contributed by atoms with Crippen molar-refractivity contribution in [2.24, 2.45) is 0 Å². The molecule has 0 N–H and O–H groups in total. The molecule has 6 heteroatoms. The van der Waals surface area contributed by atoms with Crippen LogP contribution in [0.1, 0.15) is 47.8 Å². The summed E-state index contributed by atoms with van der Waals surface area (Å²) in [5.74, 6) is -1.47. The predicted octanol–water partition coefficient (Wildman–Crippen LogP) is 9.28. The van der Waals surface area contributed by atoms with Crippen LogP contribution < -0.4 is 0 Å². The second-order valence-corrected chi connectivity index (χ2v) is 11.0. The Balaban J connectivity index is 1.35. The minimum atomic E-state index is -0.416. The maximum Gasteiger partial charge on any atom is 0.193 e. The zero-order valence-electron chi connectivity index (χ0n) is 23.7. The summed E-state index contributed by atoms with van der Waals surface area (Å²) in [7, 11) is 0. The van der Waals surface area contributed by atoms with Gasteiger partial charge in [0, 0.05) is 38.3 Å². The van der Waals surface area contributed by atoms with E-state index in [9.17, 15) is 23.2 Å². The van der Waals surface area contributed by atoms with Crippen LogP contribution in [-0.2, 0) is 0 Å². The molecule has 6 aromatic carbocycles. The summed E-state index contributed by atoms with van der Waals surface area (Å²) in [4.78, 5) is 40.4. The largest absolute Gasteiger partial charge is 0.289 e. The van der Waals surface area contributed by atoms with E-state index in [0.29, 0.717) is 38.9 Å². The van der Waals surface area contributed by atoms with Gasteiger partial charge in [-0.05, 0) is 101 Å². The van der Waals surface area contributed by atoms with Crippen molar-refractivity contribution in [1.29, 1.82) is 0 Å². The summed E-state index contributed by atoms with van der Waals surface area (Å²) < 4.78 is 26.6. The van der Waals surface area contributed by atoms with Gasteiger partial charge in [-0.2, -0.15) is 0 Å². The molecular formula is C39H24F2O3S. The number of halogens is 2. The monoisotopic (exact) mass is 610 g/mol. The summed E-state index contributed by atoms with van der Waals surface area (Å²) in [6.07, 6.45) is 0. The highest BCUT2D eigenvalue weighted by molar-refractivity contribution is 7.80. The molecule has 0 saturated heterocycles. The normalized spacial score (nSPS) is 10.8. The fraction of sp³-hybridized carbons (Fsp3) is 0. The molecule has 0 radical (unpaired) electrons. The van der Waals surface area contributed by atoms with Gasteiger partial charge in [-0.15, -0.1) is 12.6 Å². The van der Waals surface area contributed by atoms with Crippen LogP contribution in [-0.4, -0.2) is 17.3 Å². The maximum atomic E-state index is 13.9. The number of thiol groups is 1. The van der Waals surface area contributed by atoms with E-state index in [2.05, 4.69) is 12.6 Å². The van der Waals surface area contributed by atoms with Crippen LogP contribution in [0.3, 0.4) is 0 Å². The van der Waals surface area contributed by atoms with Crippen molar-refractivity contribution in [3.8, 4) is 22.3 Å². The highest BCUT2D eigenvalue weighted by atomic mass is 32.1. The van der Waals surface area contributed by atoms with Crippen LogP contribution >= 0.6 is 12.6 Å².